The Labute approximate surface area is 105 Å². The highest BCUT2D eigenvalue weighted by atomic mass is 16.1. The van der Waals surface area contributed by atoms with E-state index in [1.54, 1.807) is 0 Å². The van der Waals surface area contributed by atoms with Gasteiger partial charge in [0.2, 0.25) is 5.91 Å². The SMILES string of the molecule is CCCCNC(=O)CC(C#N)C1CCCCC1. The highest BCUT2D eigenvalue weighted by Gasteiger charge is 2.25. The molecule has 1 saturated carbocycles. The highest BCUT2D eigenvalue weighted by Crippen LogP contribution is 2.31. The van der Waals surface area contributed by atoms with Gasteiger partial charge in [-0.05, 0) is 25.2 Å². The predicted molar refractivity (Wildman–Crippen MR) is 68.2 cm³/mol. The van der Waals surface area contributed by atoms with Gasteiger partial charge in [0, 0.05) is 13.0 Å². The standard InChI is InChI=1S/C14H24N2O/c1-2-3-9-16-14(17)10-13(11-15)12-7-5-4-6-8-12/h12-13H,2-10H2,1H3,(H,16,17). The molecule has 1 N–H and O–H groups in total. The Morgan fingerprint density at radius 2 is 2.12 bits per heavy atom. The molecule has 1 amide bonds. The van der Waals surface area contributed by atoms with Crippen LogP contribution in [-0.2, 0) is 4.79 Å². The third kappa shape index (κ3) is 5.21. The Balaban J connectivity index is 2.30. The molecule has 96 valence electrons. The van der Waals surface area contributed by atoms with Crippen LogP contribution in [0.1, 0.15) is 58.3 Å². The van der Waals surface area contributed by atoms with E-state index in [1.165, 1.54) is 19.3 Å². The molecule has 3 nitrogen and oxygen atoms in total. The van der Waals surface area contributed by atoms with Crippen molar-refractivity contribution in [2.75, 3.05) is 6.54 Å². The van der Waals surface area contributed by atoms with Crippen LogP contribution in [0, 0.1) is 23.2 Å². The van der Waals surface area contributed by atoms with Crippen LogP contribution in [0.4, 0.5) is 0 Å². The number of unbranched alkanes of at least 4 members (excludes halogenated alkanes) is 1. The summed E-state index contributed by atoms with van der Waals surface area (Å²) in [6.07, 6.45) is 8.49. The summed E-state index contributed by atoms with van der Waals surface area (Å²) in [6, 6.07) is 2.33. The second-order valence-electron chi connectivity index (χ2n) is 5.04. The number of nitrogens with zero attached hydrogens (tertiary/aromatic N) is 1. The molecule has 1 unspecified atom stereocenters. The fourth-order valence-electron chi connectivity index (χ4n) is 2.53. The second-order valence-corrected chi connectivity index (χ2v) is 5.04. The summed E-state index contributed by atoms with van der Waals surface area (Å²) in [4.78, 5) is 11.7. The Hall–Kier alpha value is -1.04. The summed E-state index contributed by atoms with van der Waals surface area (Å²) >= 11 is 0. The van der Waals surface area contributed by atoms with Crippen molar-refractivity contribution in [1.29, 1.82) is 5.26 Å². The van der Waals surface area contributed by atoms with Gasteiger partial charge in [0.25, 0.3) is 0 Å². The molecule has 1 fully saturated rings. The predicted octanol–water partition coefficient (Wildman–Crippen LogP) is 3.01. The van der Waals surface area contributed by atoms with E-state index >= 15 is 0 Å². The molecule has 0 spiro atoms. The van der Waals surface area contributed by atoms with Gasteiger partial charge >= 0.3 is 0 Å². The van der Waals surface area contributed by atoms with Crippen LogP contribution < -0.4 is 5.32 Å². The third-order valence-corrected chi connectivity index (χ3v) is 3.64. The van der Waals surface area contributed by atoms with Crippen LogP contribution in [0.3, 0.4) is 0 Å². The van der Waals surface area contributed by atoms with Crippen molar-refractivity contribution in [3.8, 4) is 6.07 Å². The number of hydrogen-bond donors (Lipinski definition) is 1. The van der Waals surface area contributed by atoms with Crippen molar-refractivity contribution in [1.82, 2.24) is 5.32 Å². The van der Waals surface area contributed by atoms with Crippen LogP contribution in [0.15, 0.2) is 0 Å². The molecule has 0 saturated heterocycles. The molecule has 0 aromatic heterocycles. The van der Waals surface area contributed by atoms with Crippen molar-refractivity contribution in [2.24, 2.45) is 11.8 Å². The maximum Gasteiger partial charge on any atom is 0.221 e. The Kier molecular flexibility index (Phi) is 6.69. The zero-order valence-corrected chi connectivity index (χ0v) is 10.9. The minimum absolute atomic E-state index is 0.0515. The zero-order valence-electron chi connectivity index (χ0n) is 10.9. The van der Waals surface area contributed by atoms with Crippen molar-refractivity contribution in [3.05, 3.63) is 0 Å². The molecular weight excluding hydrogens is 212 g/mol. The molecule has 0 aliphatic heterocycles. The summed E-state index contributed by atoms with van der Waals surface area (Å²) < 4.78 is 0. The Morgan fingerprint density at radius 1 is 1.41 bits per heavy atom. The molecule has 1 rings (SSSR count). The third-order valence-electron chi connectivity index (χ3n) is 3.64. The molecule has 1 atom stereocenters. The van der Waals surface area contributed by atoms with Crippen molar-refractivity contribution < 1.29 is 4.79 Å². The molecule has 17 heavy (non-hydrogen) atoms. The molecule has 0 aromatic rings. The maximum atomic E-state index is 11.7. The van der Waals surface area contributed by atoms with Gasteiger partial charge in [-0.2, -0.15) is 5.26 Å². The quantitative estimate of drug-likeness (QED) is 0.721. The molecule has 3 heteroatoms. The van der Waals surface area contributed by atoms with Gasteiger partial charge in [0.1, 0.15) is 0 Å². The summed E-state index contributed by atoms with van der Waals surface area (Å²) in [5, 5.41) is 12.1. The molecule has 0 heterocycles. The average Bonchev–Trinajstić information content (AvgIpc) is 2.37. The smallest absolute Gasteiger partial charge is 0.221 e. The van der Waals surface area contributed by atoms with E-state index in [-0.39, 0.29) is 11.8 Å². The van der Waals surface area contributed by atoms with Gasteiger partial charge in [0.05, 0.1) is 12.0 Å². The van der Waals surface area contributed by atoms with Gasteiger partial charge in [-0.15, -0.1) is 0 Å². The summed E-state index contributed by atoms with van der Waals surface area (Å²) in [6.45, 7) is 2.85. The molecule has 0 bridgehead atoms. The zero-order chi connectivity index (χ0) is 12.5. The van der Waals surface area contributed by atoms with Gasteiger partial charge in [-0.3, -0.25) is 4.79 Å². The highest BCUT2D eigenvalue weighted by molar-refractivity contribution is 5.76. The van der Waals surface area contributed by atoms with Crippen molar-refractivity contribution in [3.63, 3.8) is 0 Å². The van der Waals surface area contributed by atoms with E-state index in [1.807, 2.05) is 0 Å². The minimum Gasteiger partial charge on any atom is -0.356 e. The van der Waals surface area contributed by atoms with E-state index < -0.39 is 0 Å². The molecule has 0 radical (unpaired) electrons. The minimum atomic E-state index is -0.0723. The number of carbonyl (C=O) groups is 1. The fourth-order valence-corrected chi connectivity index (χ4v) is 2.53. The summed E-state index contributed by atoms with van der Waals surface area (Å²) in [5.41, 5.74) is 0. The normalized spacial score (nSPS) is 18.4. The lowest BCUT2D eigenvalue weighted by molar-refractivity contribution is -0.122. The largest absolute Gasteiger partial charge is 0.356 e. The van der Waals surface area contributed by atoms with E-state index in [9.17, 15) is 4.79 Å². The number of carbonyl (C=O) groups excluding carboxylic acids is 1. The lowest BCUT2D eigenvalue weighted by atomic mass is 9.79. The van der Waals surface area contributed by atoms with E-state index in [2.05, 4.69) is 18.3 Å². The first-order valence-electron chi connectivity index (χ1n) is 6.94. The van der Waals surface area contributed by atoms with Crippen LogP contribution in [0.2, 0.25) is 0 Å². The molecule has 1 aliphatic carbocycles. The molecular formula is C14H24N2O. The van der Waals surface area contributed by atoms with Crippen molar-refractivity contribution in [2.45, 2.75) is 58.3 Å². The summed E-state index contributed by atoms with van der Waals surface area (Å²) in [7, 11) is 0. The summed E-state index contributed by atoms with van der Waals surface area (Å²) in [5.74, 6) is 0.429. The van der Waals surface area contributed by atoms with Crippen molar-refractivity contribution >= 4 is 5.91 Å². The average molecular weight is 236 g/mol. The number of hydrogen-bond acceptors (Lipinski definition) is 2. The topological polar surface area (TPSA) is 52.9 Å². The van der Waals surface area contributed by atoms with Crippen LogP contribution in [0.25, 0.3) is 0 Å². The van der Waals surface area contributed by atoms with E-state index in [4.69, 9.17) is 5.26 Å². The molecule has 0 aromatic carbocycles. The van der Waals surface area contributed by atoms with Gasteiger partial charge in [-0.25, -0.2) is 0 Å². The Bertz CT molecular complexity index is 264. The number of rotatable bonds is 6. The second kappa shape index (κ2) is 8.11. The van der Waals surface area contributed by atoms with Gasteiger partial charge in [0.15, 0.2) is 0 Å². The van der Waals surface area contributed by atoms with Crippen LogP contribution in [0.5, 0.6) is 0 Å². The Morgan fingerprint density at radius 3 is 2.71 bits per heavy atom. The monoisotopic (exact) mass is 236 g/mol. The lowest BCUT2D eigenvalue weighted by Crippen LogP contribution is -2.29. The first-order chi connectivity index (χ1) is 8.27. The first-order valence-corrected chi connectivity index (χ1v) is 6.94. The number of amides is 1. The van der Waals surface area contributed by atoms with E-state index in [0.717, 1.165) is 32.2 Å². The molecule has 1 aliphatic rings. The lowest BCUT2D eigenvalue weighted by Gasteiger charge is -2.25. The maximum absolute atomic E-state index is 11.7. The van der Waals surface area contributed by atoms with E-state index in [0.29, 0.717) is 12.3 Å². The van der Waals surface area contributed by atoms with Crippen LogP contribution >= 0.6 is 0 Å². The van der Waals surface area contributed by atoms with Crippen LogP contribution in [-0.4, -0.2) is 12.5 Å². The van der Waals surface area contributed by atoms with Gasteiger partial charge < -0.3 is 5.32 Å². The first kappa shape index (κ1) is 14.0. The van der Waals surface area contributed by atoms with Gasteiger partial charge in [-0.1, -0.05) is 32.6 Å². The number of nitrogens with one attached hydrogen (secondary N) is 1. The fraction of sp³-hybridized carbons (Fsp3) is 0.857. The number of nitriles is 1.